The van der Waals surface area contributed by atoms with Crippen molar-refractivity contribution < 1.29 is 4.42 Å². The van der Waals surface area contributed by atoms with Crippen molar-refractivity contribution in [1.82, 2.24) is 0 Å². The highest BCUT2D eigenvalue weighted by atomic mass is 16.3. The van der Waals surface area contributed by atoms with Gasteiger partial charge in [0.2, 0.25) is 0 Å². The molecule has 0 aliphatic heterocycles. The summed E-state index contributed by atoms with van der Waals surface area (Å²) in [6.07, 6.45) is 0. The van der Waals surface area contributed by atoms with Crippen LogP contribution in [-0.4, -0.2) is 0 Å². The van der Waals surface area contributed by atoms with Gasteiger partial charge in [-0.1, -0.05) is 200 Å². The molecule has 11 rings (SSSR count). The molecule has 282 valence electrons. The molecule has 0 fully saturated rings. The van der Waals surface area contributed by atoms with Gasteiger partial charge < -0.3 is 9.32 Å². The van der Waals surface area contributed by atoms with Gasteiger partial charge in [0.05, 0.1) is 11.4 Å². The summed E-state index contributed by atoms with van der Waals surface area (Å²) in [5, 5.41) is 4.68. The number of benzene rings is 10. The fourth-order valence-electron chi connectivity index (χ4n) is 8.78. The molecule has 1 heterocycles. The van der Waals surface area contributed by atoms with Crippen LogP contribution in [0, 0.1) is 0 Å². The maximum Gasteiger partial charge on any atom is 0.143 e. The summed E-state index contributed by atoms with van der Waals surface area (Å²) in [5.74, 6) is 0. The van der Waals surface area contributed by atoms with Crippen LogP contribution in [0.15, 0.2) is 241 Å². The topological polar surface area (TPSA) is 16.4 Å². The maximum atomic E-state index is 6.66. The van der Waals surface area contributed by atoms with Crippen molar-refractivity contribution in [3.63, 3.8) is 0 Å². The van der Waals surface area contributed by atoms with Gasteiger partial charge >= 0.3 is 0 Å². The first-order valence-electron chi connectivity index (χ1n) is 20.5. The van der Waals surface area contributed by atoms with Gasteiger partial charge in [-0.2, -0.15) is 0 Å². The number of hydrogen-bond donors (Lipinski definition) is 0. The fraction of sp³-hybridized carbons (Fsp3) is 0. The predicted molar refractivity (Wildman–Crippen MR) is 253 cm³/mol. The first-order chi connectivity index (χ1) is 29.8. The maximum absolute atomic E-state index is 6.66. The summed E-state index contributed by atoms with van der Waals surface area (Å²) in [6, 6.07) is 84.9. The van der Waals surface area contributed by atoms with Gasteiger partial charge in [-0.3, -0.25) is 0 Å². The Bertz CT molecular complexity index is 3310. The van der Waals surface area contributed by atoms with E-state index in [-0.39, 0.29) is 0 Å². The summed E-state index contributed by atoms with van der Waals surface area (Å²) < 4.78 is 6.66. The number of nitrogens with zero attached hydrogens (tertiary/aromatic N) is 1. The monoisotopic (exact) mass is 765 g/mol. The highest BCUT2D eigenvalue weighted by Gasteiger charge is 2.23. The number of furan rings is 1. The molecule has 0 atom stereocenters. The van der Waals surface area contributed by atoms with Gasteiger partial charge in [0, 0.05) is 33.2 Å². The predicted octanol–water partition coefficient (Wildman–Crippen LogP) is 16.5. The van der Waals surface area contributed by atoms with Crippen LogP contribution in [0.4, 0.5) is 17.1 Å². The van der Waals surface area contributed by atoms with Gasteiger partial charge in [0.15, 0.2) is 0 Å². The van der Waals surface area contributed by atoms with E-state index in [0.29, 0.717) is 0 Å². The lowest BCUT2D eigenvalue weighted by Gasteiger charge is -2.30. The van der Waals surface area contributed by atoms with Crippen LogP contribution in [0.2, 0.25) is 0 Å². The van der Waals surface area contributed by atoms with E-state index in [9.17, 15) is 0 Å². The van der Waals surface area contributed by atoms with Crippen molar-refractivity contribution in [1.29, 1.82) is 0 Å². The second-order valence-corrected chi connectivity index (χ2v) is 15.2. The van der Waals surface area contributed by atoms with Crippen molar-refractivity contribution in [2.75, 3.05) is 4.90 Å². The molecular weight excluding hydrogens is 727 g/mol. The van der Waals surface area contributed by atoms with Crippen molar-refractivity contribution in [3.8, 4) is 55.6 Å². The molecule has 0 amide bonds. The standard InChI is InChI=1S/C58H39NO/c1-2-15-40(16-3-1)42-29-31-43(32-30-42)44-35-37-47(38-36-44)59(56-27-12-9-22-51(56)53-24-14-25-54-52-23-10-13-28-57(52)60-58(53)54)55-26-11-8-21-50(55)49-20-7-6-19-48(49)46-34-33-41-17-4-5-18-45(41)39-46/h1-39H. The van der Waals surface area contributed by atoms with Gasteiger partial charge in [0.1, 0.15) is 11.2 Å². The quantitative estimate of drug-likeness (QED) is 0.153. The number of fused-ring (bicyclic) bond motifs is 4. The number of rotatable bonds is 8. The Morgan fingerprint density at radius 3 is 1.48 bits per heavy atom. The fourth-order valence-corrected chi connectivity index (χ4v) is 8.78. The minimum absolute atomic E-state index is 0.885. The largest absolute Gasteiger partial charge is 0.455 e. The Morgan fingerprint density at radius 2 is 0.767 bits per heavy atom. The minimum Gasteiger partial charge on any atom is -0.455 e. The number of anilines is 3. The van der Waals surface area contributed by atoms with E-state index < -0.39 is 0 Å². The molecule has 0 bridgehead atoms. The zero-order valence-electron chi connectivity index (χ0n) is 32.9. The third-order valence-electron chi connectivity index (χ3n) is 11.7. The second-order valence-electron chi connectivity index (χ2n) is 15.2. The third-order valence-corrected chi connectivity index (χ3v) is 11.7. The molecule has 0 N–H and O–H groups in total. The number of hydrogen-bond acceptors (Lipinski definition) is 2. The molecule has 2 nitrogen and oxygen atoms in total. The molecule has 0 unspecified atom stereocenters. The van der Waals surface area contributed by atoms with E-state index in [4.69, 9.17) is 4.42 Å². The van der Waals surface area contributed by atoms with Crippen molar-refractivity contribution >= 4 is 49.8 Å². The highest BCUT2D eigenvalue weighted by molar-refractivity contribution is 6.11. The smallest absolute Gasteiger partial charge is 0.143 e. The molecule has 0 saturated carbocycles. The van der Waals surface area contributed by atoms with Crippen LogP contribution in [0.1, 0.15) is 0 Å². The van der Waals surface area contributed by atoms with Crippen LogP contribution >= 0.6 is 0 Å². The molecular formula is C58H39NO. The summed E-state index contributed by atoms with van der Waals surface area (Å²) in [5.41, 5.74) is 16.5. The first kappa shape index (κ1) is 35.2. The van der Waals surface area contributed by atoms with Crippen LogP contribution in [0.25, 0.3) is 88.3 Å². The molecule has 0 spiro atoms. The zero-order chi connectivity index (χ0) is 39.8. The van der Waals surface area contributed by atoms with Gasteiger partial charge in [-0.15, -0.1) is 0 Å². The van der Waals surface area contributed by atoms with Crippen LogP contribution in [0.5, 0.6) is 0 Å². The zero-order valence-corrected chi connectivity index (χ0v) is 32.9. The molecule has 0 saturated heterocycles. The third kappa shape index (κ3) is 6.32. The molecule has 0 radical (unpaired) electrons. The van der Waals surface area contributed by atoms with Crippen LogP contribution < -0.4 is 4.90 Å². The Labute approximate surface area is 349 Å². The SMILES string of the molecule is c1ccc(-c2ccc(-c3ccc(N(c4ccccc4-c4ccccc4-c4ccc5ccccc5c4)c4ccccc4-c4cccc5c4oc4ccccc45)cc3)cc2)cc1. The highest BCUT2D eigenvalue weighted by Crippen LogP contribution is 2.48. The van der Waals surface area contributed by atoms with Crippen molar-refractivity contribution in [2.24, 2.45) is 0 Å². The van der Waals surface area contributed by atoms with Gasteiger partial charge in [-0.25, -0.2) is 0 Å². The molecule has 11 aromatic rings. The summed E-state index contributed by atoms with van der Waals surface area (Å²) in [7, 11) is 0. The molecule has 1 aromatic heterocycles. The van der Waals surface area contributed by atoms with Crippen LogP contribution in [-0.2, 0) is 0 Å². The molecule has 60 heavy (non-hydrogen) atoms. The Morgan fingerprint density at radius 1 is 0.283 bits per heavy atom. The van der Waals surface area contributed by atoms with E-state index in [2.05, 4.69) is 235 Å². The van der Waals surface area contributed by atoms with E-state index >= 15 is 0 Å². The summed E-state index contributed by atoms with van der Waals surface area (Å²) in [4.78, 5) is 2.42. The Kier molecular flexibility index (Phi) is 8.87. The average molecular weight is 766 g/mol. The summed E-state index contributed by atoms with van der Waals surface area (Å²) in [6.45, 7) is 0. The molecule has 10 aromatic carbocycles. The lowest BCUT2D eigenvalue weighted by Crippen LogP contribution is -2.12. The molecule has 0 aliphatic carbocycles. The van der Waals surface area contributed by atoms with E-state index in [1.54, 1.807) is 0 Å². The van der Waals surface area contributed by atoms with E-state index in [0.717, 1.165) is 61.3 Å². The van der Waals surface area contributed by atoms with Crippen LogP contribution in [0.3, 0.4) is 0 Å². The first-order valence-corrected chi connectivity index (χ1v) is 20.5. The average Bonchev–Trinajstić information content (AvgIpc) is 3.72. The Hall–Kier alpha value is -7.94. The molecule has 0 aliphatic rings. The minimum atomic E-state index is 0.885. The number of para-hydroxylation sites is 4. The molecule has 2 heteroatoms. The lowest BCUT2D eigenvalue weighted by atomic mass is 9.91. The summed E-state index contributed by atoms with van der Waals surface area (Å²) >= 11 is 0. The Balaban J connectivity index is 1.09. The van der Waals surface area contributed by atoms with Crippen molar-refractivity contribution in [2.45, 2.75) is 0 Å². The van der Waals surface area contributed by atoms with Crippen molar-refractivity contribution in [3.05, 3.63) is 237 Å². The lowest BCUT2D eigenvalue weighted by molar-refractivity contribution is 0.670. The normalized spacial score (nSPS) is 11.3. The van der Waals surface area contributed by atoms with E-state index in [1.807, 2.05) is 6.07 Å². The van der Waals surface area contributed by atoms with E-state index in [1.165, 1.54) is 44.2 Å². The van der Waals surface area contributed by atoms with Gasteiger partial charge in [0.25, 0.3) is 0 Å². The van der Waals surface area contributed by atoms with Gasteiger partial charge in [-0.05, 0) is 86.1 Å². The second kappa shape index (κ2) is 15.1.